The molecule has 2 nitrogen and oxygen atoms in total. The minimum Gasteiger partial charge on any atom is -0.383 e. The highest BCUT2D eigenvalue weighted by molar-refractivity contribution is 6.35. The number of halogens is 1. The van der Waals surface area contributed by atoms with Gasteiger partial charge in [-0.3, -0.25) is 0 Å². The van der Waals surface area contributed by atoms with Crippen LogP contribution in [0.25, 0.3) is 10.9 Å². The highest BCUT2D eigenvalue weighted by atomic mass is 35.5. The molecule has 0 fully saturated rings. The molecule has 0 spiro atoms. The molecule has 1 aromatic heterocycles. The molecule has 0 unspecified atom stereocenters. The van der Waals surface area contributed by atoms with Crippen LogP contribution in [0.4, 0.5) is 5.69 Å². The van der Waals surface area contributed by atoms with Crippen LogP contribution in [-0.2, 0) is 6.54 Å². The zero-order chi connectivity index (χ0) is 13.9. The highest BCUT2D eigenvalue weighted by Gasteiger charge is 2.04. The Labute approximate surface area is 124 Å². The molecule has 0 aliphatic rings. The first-order chi connectivity index (χ1) is 9.74. The minimum absolute atomic E-state index is 0.808. The first-order valence-electron chi connectivity index (χ1n) is 6.78. The van der Waals surface area contributed by atoms with Gasteiger partial charge in [0.25, 0.3) is 0 Å². The van der Waals surface area contributed by atoms with E-state index in [-0.39, 0.29) is 0 Å². The zero-order valence-electron chi connectivity index (χ0n) is 11.4. The van der Waals surface area contributed by atoms with E-state index in [1.165, 1.54) is 10.9 Å². The van der Waals surface area contributed by atoms with Gasteiger partial charge in [-0.05, 0) is 31.2 Å². The summed E-state index contributed by atoms with van der Waals surface area (Å²) in [5, 5.41) is 5.43. The van der Waals surface area contributed by atoms with Crippen molar-refractivity contribution >= 4 is 28.2 Å². The molecule has 3 rings (SSSR count). The molecule has 0 saturated heterocycles. The van der Waals surface area contributed by atoms with Crippen LogP contribution in [0.2, 0.25) is 5.02 Å². The summed E-state index contributed by atoms with van der Waals surface area (Å²) in [6, 6.07) is 16.6. The SMILES string of the molecule is Cc1ccc(NCCn2ccc3cccc(Cl)c32)cc1. The van der Waals surface area contributed by atoms with Gasteiger partial charge in [0.1, 0.15) is 0 Å². The van der Waals surface area contributed by atoms with Gasteiger partial charge in [0.15, 0.2) is 0 Å². The van der Waals surface area contributed by atoms with Gasteiger partial charge in [-0.15, -0.1) is 0 Å². The average molecular weight is 285 g/mol. The maximum atomic E-state index is 6.28. The normalized spacial score (nSPS) is 10.9. The second-order valence-corrected chi connectivity index (χ2v) is 5.39. The second kappa shape index (κ2) is 5.59. The van der Waals surface area contributed by atoms with Crippen LogP contribution in [-0.4, -0.2) is 11.1 Å². The topological polar surface area (TPSA) is 17.0 Å². The molecular formula is C17H17ClN2. The van der Waals surface area contributed by atoms with E-state index in [2.05, 4.69) is 59.4 Å². The van der Waals surface area contributed by atoms with E-state index in [4.69, 9.17) is 11.6 Å². The number of fused-ring (bicyclic) bond motifs is 1. The van der Waals surface area contributed by atoms with Gasteiger partial charge >= 0.3 is 0 Å². The van der Waals surface area contributed by atoms with Gasteiger partial charge < -0.3 is 9.88 Å². The van der Waals surface area contributed by atoms with Crippen molar-refractivity contribution in [2.24, 2.45) is 0 Å². The Kier molecular flexibility index (Phi) is 3.66. The number of aromatic nitrogens is 1. The maximum absolute atomic E-state index is 6.28. The van der Waals surface area contributed by atoms with E-state index < -0.39 is 0 Å². The minimum atomic E-state index is 0.808. The first kappa shape index (κ1) is 13.1. The first-order valence-corrected chi connectivity index (χ1v) is 7.16. The third kappa shape index (κ3) is 2.66. The molecule has 0 amide bonds. The van der Waals surface area contributed by atoms with Crippen molar-refractivity contribution in [1.82, 2.24) is 4.57 Å². The van der Waals surface area contributed by atoms with Gasteiger partial charge in [0, 0.05) is 30.4 Å². The highest BCUT2D eigenvalue weighted by Crippen LogP contribution is 2.24. The molecule has 0 aliphatic heterocycles. The van der Waals surface area contributed by atoms with E-state index in [1.54, 1.807) is 0 Å². The van der Waals surface area contributed by atoms with Crippen LogP contribution < -0.4 is 5.32 Å². The summed E-state index contributed by atoms with van der Waals surface area (Å²) in [5.74, 6) is 0. The molecule has 0 radical (unpaired) electrons. The summed E-state index contributed by atoms with van der Waals surface area (Å²) in [7, 11) is 0. The Morgan fingerprint density at radius 2 is 1.85 bits per heavy atom. The van der Waals surface area contributed by atoms with Gasteiger partial charge in [0.2, 0.25) is 0 Å². The van der Waals surface area contributed by atoms with Crippen molar-refractivity contribution in [3.63, 3.8) is 0 Å². The standard InChI is InChI=1S/C17H17ClN2/c1-13-5-7-15(8-6-13)19-10-12-20-11-9-14-3-2-4-16(18)17(14)20/h2-9,11,19H,10,12H2,1H3. The molecule has 2 aromatic carbocycles. The number of nitrogens with zero attached hydrogens (tertiary/aromatic N) is 1. The van der Waals surface area contributed by atoms with Crippen LogP contribution in [0, 0.1) is 6.92 Å². The van der Waals surface area contributed by atoms with Crippen LogP contribution in [0.1, 0.15) is 5.56 Å². The predicted molar refractivity (Wildman–Crippen MR) is 86.6 cm³/mol. The fourth-order valence-corrected chi connectivity index (χ4v) is 2.68. The van der Waals surface area contributed by atoms with Crippen molar-refractivity contribution in [2.45, 2.75) is 13.5 Å². The van der Waals surface area contributed by atoms with Crippen molar-refractivity contribution in [3.8, 4) is 0 Å². The predicted octanol–water partition coefficient (Wildman–Crippen LogP) is 4.72. The number of aryl methyl sites for hydroxylation is 1. The third-order valence-electron chi connectivity index (χ3n) is 3.47. The number of hydrogen-bond donors (Lipinski definition) is 1. The van der Waals surface area contributed by atoms with Gasteiger partial charge in [-0.2, -0.15) is 0 Å². The molecule has 0 bridgehead atoms. The molecular weight excluding hydrogens is 268 g/mol. The molecule has 3 aromatic rings. The fourth-order valence-electron chi connectivity index (χ4n) is 2.39. The Bertz CT molecular complexity index is 713. The van der Waals surface area contributed by atoms with E-state index in [0.29, 0.717) is 0 Å². The lowest BCUT2D eigenvalue weighted by molar-refractivity contribution is 0.757. The number of anilines is 1. The molecule has 0 aliphatic carbocycles. The van der Waals surface area contributed by atoms with Crippen LogP contribution >= 0.6 is 11.6 Å². The monoisotopic (exact) mass is 284 g/mol. The fraction of sp³-hybridized carbons (Fsp3) is 0.176. The number of para-hydroxylation sites is 1. The van der Waals surface area contributed by atoms with Crippen LogP contribution in [0.5, 0.6) is 0 Å². The van der Waals surface area contributed by atoms with Crippen LogP contribution in [0.15, 0.2) is 54.7 Å². The van der Waals surface area contributed by atoms with Gasteiger partial charge in [-0.25, -0.2) is 0 Å². The summed E-state index contributed by atoms with van der Waals surface area (Å²) in [6.45, 7) is 3.86. The van der Waals surface area contributed by atoms with E-state index in [0.717, 1.165) is 29.3 Å². The number of rotatable bonds is 4. The Morgan fingerprint density at radius 1 is 1.05 bits per heavy atom. The van der Waals surface area contributed by atoms with E-state index in [1.807, 2.05) is 12.1 Å². The summed E-state index contributed by atoms with van der Waals surface area (Å²) in [4.78, 5) is 0. The lowest BCUT2D eigenvalue weighted by Gasteiger charge is -2.09. The summed E-state index contributed by atoms with van der Waals surface area (Å²) in [5.41, 5.74) is 3.54. The zero-order valence-corrected chi connectivity index (χ0v) is 12.2. The molecule has 0 atom stereocenters. The van der Waals surface area contributed by atoms with E-state index >= 15 is 0 Å². The molecule has 1 N–H and O–H groups in total. The summed E-state index contributed by atoms with van der Waals surface area (Å²) in [6.07, 6.45) is 2.09. The number of hydrogen-bond acceptors (Lipinski definition) is 1. The molecule has 102 valence electrons. The Balaban J connectivity index is 1.70. The Morgan fingerprint density at radius 3 is 2.65 bits per heavy atom. The van der Waals surface area contributed by atoms with Crippen molar-refractivity contribution in [1.29, 1.82) is 0 Å². The third-order valence-corrected chi connectivity index (χ3v) is 3.78. The maximum Gasteiger partial charge on any atom is 0.0670 e. The Hall–Kier alpha value is -1.93. The lowest BCUT2D eigenvalue weighted by Crippen LogP contribution is -2.09. The molecule has 0 saturated carbocycles. The average Bonchev–Trinajstić information content (AvgIpc) is 2.86. The summed E-state index contributed by atoms with van der Waals surface area (Å²) >= 11 is 6.28. The van der Waals surface area contributed by atoms with Gasteiger partial charge in [-0.1, -0.05) is 41.4 Å². The number of nitrogens with one attached hydrogen (secondary N) is 1. The molecule has 1 heterocycles. The van der Waals surface area contributed by atoms with Crippen molar-refractivity contribution < 1.29 is 0 Å². The smallest absolute Gasteiger partial charge is 0.0670 e. The second-order valence-electron chi connectivity index (χ2n) is 4.98. The van der Waals surface area contributed by atoms with Gasteiger partial charge in [0.05, 0.1) is 10.5 Å². The summed E-state index contributed by atoms with van der Waals surface area (Å²) < 4.78 is 2.19. The quantitative estimate of drug-likeness (QED) is 0.734. The largest absolute Gasteiger partial charge is 0.383 e. The van der Waals surface area contributed by atoms with Crippen molar-refractivity contribution in [2.75, 3.05) is 11.9 Å². The van der Waals surface area contributed by atoms with E-state index in [9.17, 15) is 0 Å². The molecule has 3 heteroatoms. The number of benzene rings is 2. The lowest BCUT2D eigenvalue weighted by atomic mass is 10.2. The van der Waals surface area contributed by atoms with Crippen LogP contribution in [0.3, 0.4) is 0 Å². The van der Waals surface area contributed by atoms with Crippen molar-refractivity contribution in [3.05, 3.63) is 65.3 Å². The molecule has 20 heavy (non-hydrogen) atoms.